The molecule has 1 aromatic carbocycles. The van der Waals surface area contributed by atoms with Crippen LogP contribution >= 0.6 is 0 Å². The molecule has 7 heteroatoms. The Kier molecular flexibility index (Phi) is 5.67. The zero-order chi connectivity index (χ0) is 18.8. The highest BCUT2D eigenvalue weighted by Gasteiger charge is 2.44. The number of piperazine rings is 1. The summed E-state index contributed by atoms with van der Waals surface area (Å²) in [6.07, 6.45) is 4.61. The van der Waals surface area contributed by atoms with Crippen LogP contribution in [0, 0.1) is 5.82 Å². The first-order valence-corrected chi connectivity index (χ1v) is 11.0. The second-order valence-electron chi connectivity index (χ2n) is 7.24. The van der Waals surface area contributed by atoms with Gasteiger partial charge in [0.1, 0.15) is 5.82 Å². The Morgan fingerprint density at radius 2 is 1.62 bits per heavy atom. The van der Waals surface area contributed by atoms with Gasteiger partial charge in [-0.25, -0.2) is 12.8 Å². The van der Waals surface area contributed by atoms with E-state index >= 15 is 0 Å². The molecule has 1 saturated carbocycles. The second-order valence-corrected chi connectivity index (χ2v) is 9.50. The van der Waals surface area contributed by atoms with Gasteiger partial charge in [0, 0.05) is 26.2 Å². The van der Waals surface area contributed by atoms with Crippen LogP contribution in [0.2, 0.25) is 0 Å². The van der Waals surface area contributed by atoms with Gasteiger partial charge in [-0.2, -0.15) is 4.31 Å². The third-order valence-corrected chi connectivity index (χ3v) is 7.68. The van der Waals surface area contributed by atoms with E-state index in [1.54, 1.807) is 24.0 Å². The highest BCUT2D eigenvalue weighted by atomic mass is 32.2. The van der Waals surface area contributed by atoms with E-state index < -0.39 is 15.4 Å². The summed E-state index contributed by atoms with van der Waals surface area (Å²) in [5.74, 6) is -0.150. The smallest absolute Gasteiger partial charge is 0.233 e. The summed E-state index contributed by atoms with van der Waals surface area (Å²) < 4.78 is 38.9. The van der Waals surface area contributed by atoms with Gasteiger partial charge in [0.05, 0.1) is 11.2 Å². The molecule has 0 spiro atoms. The minimum atomic E-state index is -3.21. The van der Waals surface area contributed by atoms with Crippen LogP contribution in [0.3, 0.4) is 0 Å². The molecule has 5 nitrogen and oxygen atoms in total. The van der Waals surface area contributed by atoms with Crippen molar-refractivity contribution in [2.24, 2.45) is 0 Å². The Morgan fingerprint density at radius 3 is 2.15 bits per heavy atom. The number of hydrogen-bond acceptors (Lipinski definition) is 3. The van der Waals surface area contributed by atoms with E-state index in [-0.39, 0.29) is 17.5 Å². The van der Waals surface area contributed by atoms with E-state index in [1.165, 1.54) is 16.4 Å². The van der Waals surface area contributed by atoms with Crippen LogP contribution in [0.5, 0.6) is 0 Å². The lowest BCUT2D eigenvalue weighted by atomic mass is 9.68. The molecule has 1 saturated heterocycles. The lowest BCUT2D eigenvalue weighted by molar-refractivity contribution is -0.140. The van der Waals surface area contributed by atoms with Crippen molar-refractivity contribution in [2.75, 3.05) is 31.9 Å². The summed E-state index contributed by atoms with van der Waals surface area (Å²) in [5, 5.41) is 0. The zero-order valence-electron chi connectivity index (χ0n) is 15.3. The number of carbonyl (C=O) groups excluding carboxylic acids is 1. The molecule has 0 N–H and O–H groups in total. The van der Waals surface area contributed by atoms with Crippen LogP contribution in [0.15, 0.2) is 24.3 Å². The maximum absolute atomic E-state index is 13.5. The minimum absolute atomic E-state index is 0.0670. The van der Waals surface area contributed by atoms with Crippen molar-refractivity contribution in [3.05, 3.63) is 35.6 Å². The van der Waals surface area contributed by atoms with Crippen LogP contribution in [-0.2, 0) is 20.2 Å². The Labute approximate surface area is 155 Å². The molecule has 3 rings (SSSR count). The van der Waals surface area contributed by atoms with Gasteiger partial charge in [0.25, 0.3) is 0 Å². The molecule has 1 aliphatic heterocycles. The van der Waals surface area contributed by atoms with Crippen LogP contribution in [0.25, 0.3) is 0 Å². The first-order chi connectivity index (χ1) is 12.4. The summed E-state index contributed by atoms with van der Waals surface area (Å²) in [7, 11) is -3.21. The summed E-state index contributed by atoms with van der Waals surface area (Å²) >= 11 is 0. The van der Waals surface area contributed by atoms with E-state index in [1.807, 2.05) is 0 Å². The third kappa shape index (κ3) is 3.64. The summed E-state index contributed by atoms with van der Waals surface area (Å²) in [4.78, 5) is 15.3. The molecule has 144 valence electrons. The Bertz CT molecular complexity index is 735. The summed E-state index contributed by atoms with van der Waals surface area (Å²) in [6, 6.07) is 6.31. The molecule has 0 radical (unpaired) electrons. The molecule has 2 aliphatic rings. The number of halogens is 1. The number of benzene rings is 1. The van der Waals surface area contributed by atoms with Gasteiger partial charge in [-0.15, -0.1) is 0 Å². The highest BCUT2D eigenvalue weighted by molar-refractivity contribution is 7.89. The third-order valence-electron chi connectivity index (χ3n) is 5.80. The lowest BCUT2D eigenvalue weighted by Gasteiger charge is -2.43. The quantitative estimate of drug-likeness (QED) is 0.804. The lowest BCUT2D eigenvalue weighted by Crippen LogP contribution is -2.56. The van der Waals surface area contributed by atoms with E-state index in [0.717, 1.165) is 37.7 Å². The van der Waals surface area contributed by atoms with Crippen molar-refractivity contribution in [3.63, 3.8) is 0 Å². The zero-order valence-corrected chi connectivity index (χ0v) is 16.1. The Hall–Kier alpha value is -1.47. The SMILES string of the molecule is CCS(=O)(=O)N1CCN(C(=O)C2(c3ccc(F)cc3)CCCCC2)CC1. The number of amides is 1. The first-order valence-electron chi connectivity index (χ1n) is 9.42. The Balaban J connectivity index is 1.80. The summed E-state index contributed by atoms with van der Waals surface area (Å²) in [5.41, 5.74) is 0.282. The van der Waals surface area contributed by atoms with E-state index in [2.05, 4.69) is 0 Å². The molecule has 1 amide bonds. The number of carbonyl (C=O) groups is 1. The van der Waals surface area contributed by atoms with Crippen molar-refractivity contribution in [1.82, 2.24) is 9.21 Å². The van der Waals surface area contributed by atoms with Gasteiger partial charge in [0.15, 0.2) is 0 Å². The predicted molar refractivity (Wildman–Crippen MR) is 98.8 cm³/mol. The van der Waals surface area contributed by atoms with Crippen molar-refractivity contribution >= 4 is 15.9 Å². The van der Waals surface area contributed by atoms with Crippen molar-refractivity contribution in [2.45, 2.75) is 44.4 Å². The van der Waals surface area contributed by atoms with E-state index in [0.29, 0.717) is 26.2 Å². The fraction of sp³-hybridized carbons (Fsp3) is 0.632. The minimum Gasteiger partial charge on any atom is -0.339 e. The largest absolute Gasteiger partial charge is 0.339 e. The number of hydrogen-bond donors (Lipinski definition) is 0. The molecular formula is C19H27FN2O3S. The fourth-order valence-corrected chi connectivity index (χ4v) is 5.29. The van der Waals surface area contributed by atoms with Crippen LogP contribution < -0.4 is 0 Å². The van der Waals surface area contributed by atoms with Gasteiger partial charge in [-0.3, -0.25) is 4.79 Å². The fourth-order valence-electron chi connectivity index (χ4n) is 4.20. The van der Waals surface area contributed by atoms with E-state index in [9.17, 15) is 17.6 Å². The van der Waals surface area contributed by atoms with Gasteiger partial charge in [-0.05, 0) is 37.5 Å². The molecule has 0 atom stereocenters. The monoisotopic (exact) mass is 382 g/mol. The van der Waals surface area contributed by atoms with Crippen LogP contribution in [0.1, 0.15) is 44.6 Å². The average Bonchev–Trinajstić information content (AvgIpc) is 2.68. The Morgan fingerprint density at radius 1 is 1.04 bits per heavy atom. The highest BCUT2D eigenvalue weighted by Crippen LogP contribution is 2.41. The molecule has 0 aromatic heterocycles. The standard InChI is InChI=1S/C19H27FN2O3S/c1-2-26(24,25)22-14-12-21(13-15-22)18(23)19(10-4-3-5-11-19)16-6-8-17(20)9-7-16/h6-9H,2-5,10-15H2,1H3. The van der Waals surface area contributed by atoms with Gasteiger partial charge in [0.2, 0.25) is 15.9 Å². The molecule has 0 bridgehead atoms. The van der Waals surface area contributed by atoms with Gasteiger partial charge >= 0.3 is 0 Å². The molecule has 1 heterocycles. The molecule has 1 aliphatic carbocycles. The van der Waals surface area contributed by atoms with Crippen molar-refractivity contribution < 1.29 is 17.6 Å². The molecular weight excluding hydrogens is 355 g/mol. The second kappa shape index (κ2) is 7.64. The van der Waals surface area contributed by atoms with Crippen LogP contribution in [-0.4, -0.2) is 55.5 Å². The molecule has 1 aromatic rings. The van der Waals surface area contributed by atoms with Crippen molar-refractivity contribution in [1.29, 1.82) is 0 Å². The van der Waals surface area contributed by atoms with Gasteiger partial charge in [-0.1, -0.05) is 31.4 Å². The first kappa shape index (κ1) is 19.3. The van der Waals surface area contributed by atoms with Crippen LogP contribution in [0.4, 0.5) is 4.39 Å². The van der Waals surface area contributed by atoms with Gasteiger partial charge < -0.3 is 4.90 Å². The maximum Gasteiger partial charge on any atom is 0.233 e. The number of rotatable bonds is 4. The van der Waals surface area contributed by atoms with Crippen molar-refractivity contribution in [3.8, 4) is 0 Å². The maximum atomic E-state index is 13.5. The predicted octanol–water partition coefficient (Wildman–Crippen LogP) is 2.52. The average molecular weight is 383 g/mol. The number of sulfonamides is 1. The number of nitrogens with zero attached hydrogens (tertiary/aromatic N) is 2. The normalized spacial score (nSPS) is 21.5. The molecule has 2 fully saturated rings. The topological polar surface area (TPSA) is 57.7 Å². The molecule has 0 unspecified atom stereocenters. The van der Waals surface area contributed by atoms with E-state index in [4.69, 9.17) is 0 Å². The molecule has 26 heavy (non-hydrogen) atoms. The summed E-state index contributed by atoms with van der Waals surface area (Å²) in [6.45, 7) is 3.17.